The van der Waals surface area contributed by atoms with Crippen LogP contribution < -0.4 is 5.32 Å². The summed E-state index contributed by atoms with van der Waals surface area (Å²) in [6.45, 7) is 1.96. The van der Waals surface area contributed by atoms with Gasteiger partial charge in [-0.25, -0.2) is 9.18 Å². The van der Waals surface area contributed by atoms with E-state index in [1.165, 1.54) is 24.3 Å². The number of aromatic amines is 1. The Labute approximate surface area is 203 Å². The number of para-hydroxylation sites is 1. The summed E-state index contributed by atoms with van der Waals surface area (Å²) in [6.07, 6.45) is 1.38. The molecule has 0 saturated heterocycles. The molecule has 0 aliphatic carbocycles. The second-order valence-electron chi connectivity index (χ2n) is 8.80. The van der Waals surface area contributed by atoms with E-state index in [-0.39, 0.29) is 18.9 Å². The summed E-state index contributed by atoms with van der Waals surface area (Å²) in [4.78, 5) is 30.4. The number of hydrogen-bond donors (Lipinski definition) is 3. The van der Waals surface area contributed by atoms with Gasteiger partial charge in [-0.3, -0.25) is 9.69 Å². The van der Waals surface area contributed by atoms with Gasteiger partial charge in [-0.05, 0) is 48.2 Å². The summed E-state index contributed by atoms with van der Waals surface area (Å²) in [5, 5.41) is 14.1. The number of hydrogen-bond acceptors (Lipinski definition) is 2. The van der Waals surface area contributed by atoms with Gasteiger partial charge >= 0.3 is 6.09 Å². The molecule has 180 valence electrons. The maximum atomic E-state index is 13.6. The standard InChI is InChI=1S/C28H28FN3O3/c1-28(17-22-18-31-25-10-6-5-9-24(22)25,26(33)30-16-15-20-7-3-2-4-8-20)32(27(34)35)19-21-11-13-23(29)14-12-21/h2-14,18,31H,15-17,19H2,1H3,(H,30,33)(H,34,35)/t28-/m0/s1. The van der Waals surface area contributed by atoms with Gasteiger partial charge in [0.2, 0.25) is 5.91 Å². The Morgan fingerprint density at radius 2 is 1.66 bits per heavy atom. The molecule has 2 amide bonds. The Morgan fingerprint density at radius 1 is 0.971 bits per heavy atom. The van der Waals surface area contributed by atoms with Crippen LogP contribution in [0.4, 0.5) is 9.18 Å². The van der Waals surface area contributed by atoms with E-state index in [1.54, 1.807) is 6.92 Å². The number of carbonyl (C=O) groups excluding carboxylic acids is 1. The van der Waals surface area contributed by atoms with E-state index < -0.39 is 17.4 Å². The fourth-order valence-electron chi connectivity index (χ4n) is 4.33. The number of carbonyl (C=O) groups is 2. The lowest BCUT2D eigenvalue weighted by atomic mass is 9.89. The highest BCUT2D eigenvalue weighted by atomic mass is 19.1. The van der Waals surface area contributed by atoms with Crippen molar-refractivity contribution in [1.82, 2.24) is 15.2 Å². The van der Waals surface area contributed by atoms with Gasteiger partial charge in [0.1, 0.15) is 11.4 Å². The minimum atomic E-state index is -1.41. The number of nitrogens with one attached hydrogen (secondary N) is 2. The SMILES string of the molecule is C[C@](Cc1c[nH]c2ccccc12)(C(=O)NCCc1ccccc1)N(Cc1ccc(F)cc1)C(=O)O. The van der Waals surface area contributed by atoms with E-state index in [0.29, 0.717) is 18.5 Å². The summed E-state index contributed by atoms with van der Waals surface area (Å²) < 4.78 is 13.4. The van der Waals surface area contributed by atoms with Crippen molar-refractivity contribution < 1.29 is 19.1 Å². The van der Waals surface area contributed by atoms with Gasteiger partial charge in [-0.2, -0.15) is 0 Å². The van der Waals surface area contributed by atoms with Crippen LogP contribution in [-0.2, 0) is 24.2 Å². The lowest BCUT2D eigenvalue weighted by molar-refractivity contribution is -0.132. The summed E-state index contributed by atoms with van der Waals surface area (Å²) in [5.74, 6) is -0.793. The van der Waals surface area contributed by atoms with Crippen molar-refractivity contribution in [2.75, 3.05) is 6.54 Å². The molecule has 0 spiro atoms. The zero-order valence-electron chi connectivity index (χ0n) is 19.5. The maximum Gasteiger partial charge on any atom is 0.408 e. The van der Waals surface area contributed by atoms with Crippen molar-refractivity contribution in [2.24, 2.45) is 0 Å². The first-order chi connectivity index (χ1) is 16.9. The molecule has 4 rings (SSSR count). The summed E-state index contributed by atoms with van der Waals surface area (Å²) in [6, 6.07) is 23.1. The van der Waals surface area contributed by atoms with Gasteiger partial charge in [0.25, 0.3) is 0 Å². The van der Waals surface area contributed by atoms with Gasteiger partial charge in [0.15, 0.2) is 0 Å². The van der Waals surface area contributed by atoms with Crippen LogP contribution in [0.1, 0.15) is 23.6 Å². The topological polar surface area (TPSA) is 85.4 Å². The molecular weight excluding hydrogens is 445 g/mol. The van der Waals surface area contributed by atoms with Crippen LogP contribution in [0.3, 0.4) is 0 Å². The van der Waals surface area contributed by atoms with Crippen LogP contribution in [0.5, 0.6) is 0 Å². The number of nitrogens with zero attached hydrogens (tertiary/aromatic N) is 1. The summed E-state index contributed by atoms with van der Waals surface area (Å²) >= 11 is 0. The van der Waals surface area contributed by atoms with E-state index in [1.807, 2.05) is 60.8 Å². The molecule has 0 aliphatic rings. The zero-order chi connectivity index (χ0) is 24.8. The Morgan fingerprint density at radius 3 is 2.37 bits per heavy atom. The fraction of sp³-hybridized carbons (Fsp3) is 0.214. The van der Waals surface area contributed by atoms with Crippen LogP contribution in [0.25, 0.3) is 10.9 Å². The molecular formula is C28H28FN3O3. The fourth-order valence-corrected chi connectivity index (χ4v) is 4.33. The minimum absolute atomic E-state index is 0.0550. The van der Waals surface area contributed by atoms with Gasteiger partial charge in [0, 0.05) is 30.1 Å². The van der Waals surface area contributed by atoms with Crippen molar-refractivity contribution in [2.45, 2.75) is 31.8 Å². The molecule has 0 aliphatic heterocycles. The molecule has 0 radical (unpaired) electrons. The van der Waals surface area contributed by atoms with E-state index in [4.69, 9.17) is 0 Å². The quantitative estimate of drug-likeness (QED) is 0.314. The summed E-state index contributed by atoms with van der Waals surface area (Å²) in [5.41, 5.74) is 2.01. The van der Waals surface area contributed by atoms with Crippen LogP contribution in [0.2, 0.25) is 0 Å². The van der Waals surface area contributed by atoms with Gasteiger partial charge in [-0.15, -0.1) is 0 Å². The van der Waals surface area contributed by atoms with Crippen molar-refractivity contribution in [3.8, 4) is 0 Å². The third kappa shape index (κ3) is 5.51. The number of halogens is 1. The minimum Gasteiger partial charge on any atom is -0.465 e. The van der Waals surface area contributed by atoms with E-state index in [9.17, 15) is 19.1 Å². The largest absolute Gasteiger partial charge is 0.465 e. The van der Waals surface area contributed by atoms with Crippen molar-refractivity contribution >= 4 is 22.9 Å². The molecule has 4 aromatic rings. The predicted octanol–water partition coefficient (Wildman–Crippen LogP) is 5.15. The van der Waals surface area contributed by atoms with E-state index >= 15 is 0 Å². The smallest absolute Gasteiger partial charge is 0.408 e. The number of benzene rings is 3. The Kier molecular flexibility index (Phi) is 7.15. The second kappa shape index (κ2) is 10.4. The highest BCUT2D eigenvalue weighted by Crippen LogP contribution is 2.28. The van der Waals surface area contributed by atoms with Gasteiger partial charge < -0.3 is 15.4 Å². The number of aromatic nitrogens is 1. The molecule has 0 bridgehead atoms. The molecule has 0 fully saturated rings. The average Bonchev–Trinajstić information content (AvgIpc) is 3.26. The van der Waals surface area contributed by atoms with E-state index in [2.05, 4.69) is 10.3 Å². The molecule has 35 heavy (non-hydrogen) atoms. The van der Waals surface area contributed by atoms with Crippen molar-refractivity contribution in [1.29, 1.82) is 0 Å². The van der Waals surface area contributed by atoms with Gasteiger partial charge in [0.05, 0.1) is 6.54 Å². The first-order valence-electron chi connectivity index (χ1n) is 11.5. The lowest BCUT2D eigenvalue weighted by Gasteiger charge is -2.38. The summed E-state index contributed by atoms with van der Waals surface area (Å²) in [7, 11) is 0. The molecule has 1 heterocycles. The first-order valence-corrected chi connectivity index (χ1v) is 11.5. The second-order valence-corrected chi connectivity index (χ2v) is 8.80. The average molecular weight is 474 g/mol. The Balaban J connectivity index is 1.64. The van der Waals surface area contributed by atoms with E-state index in [0.717, 1.165) is 26.9 Å². The third-order valence-corrected chi connectivity index (χ3v) is 6.32. The van der Waals surface area contributed by atoms with Crippen LogP contribution in [0, 0.1) is 5.82 Å². The number of carboxylic acid groups (broad SMARTS) is 1. The van der Waals surface area contributed by atoms with Crippen LogP contribution >= 0.6 is 0 Å². The molecule has 3 aromatic carbocycles. The molecule has 3 N–H and O–H groups in total. The van der Waals surface area contributed by atoms with Crippen molar-refractivity contribution in [3.05, 3.63) is 108 Å². The van der Waals surface area contributed by atoms with Crippen LogP contribution in [-0.4, -0.2) is 39.1 Å². The number of amides is 2. The highest BCUT2D eigenvalue weighted by Gasteiger charge is 2.43. The van der Waals surface area contributed by atoms with Gasteiger partial charge in [-0.1, -0.05) is 60.7 Å². The molecule has 0 saturated carbocycles. The maximum absolute atomic E-state index is 13.6. The lowest BCUT2D eigenvalue weighted by Crippen LogP contribution is -2.59. The highest BCUT2D eigenvalue weighted by molar-refractivity contribution is 5.91. The molecule has 1 aromatic heterocycles. The molecule has 0 unspecified atom stereocenters. The monoisotopic (exact) mass is 473 g/mol. The third-order valence-electron chi connectivity index (χ3n) is 6.32. The zero-order valence-corrected chi connectivity index (χ0v) is 19.5. The number of H-pyrrole nitrogens is 1. The first kappa shape index (κ1) is 24.0. The molecule has 6 nitrogen and oxygen atoms in total. The number of fused-ring (bicyclic) bond motifs is 1. The van der Waals surface area contributed by atoms with Crippen LogP contribution in [0.15, 0.2) is 85.1 Å². The molecule has 1 atom stereocenters. The normalized spacial score (nSPS) is 12.7. The predicted molar refractivity (Wildman–Crippen MR) is 134 cm³/mol. The Bertz CT molecular complexity index is 1300. The Hall–Kier alpha value is -4.13. The van der Waals surface area contributed by atoms with Crippen molar-refractivity contribution in [3.63, 3.8) is 0 Å². The molecule has 7 heteroatoms. The number of rotatable bonds is 9.